The van der Waals surface area contributed by atoms with Crippen molar-refractivity contribution in [2.75, 3.05) is 12.0 Å². The zero-order valence-corrected chi connectivity index (χ0v) is 11.2. The number of hydrogen-bond acceptors (Lipinski definition) is 4. The van der Waals surface area contributed by atoms with Crippen molar-refractivity contribution in [3.63, 3.8) is 0 Å². The van der Waals surface area contributed by atoms with Crippen LogP contribution in [0.5, 0.6) is 0 Å². The second kappa shape index (κ2) is 4.30. The van der Waals surface area contributed by atoms with E-state index in [0.717, 1.165) is 14.2 Å². The van der Waals surface area contributed by atoms with Gasteiger partial charge < -0.3 is 5.73 Å². The third kappa shape index (κ3) is 3.34. The summed E-state index contributed by atoms with van der Waals surface area (Å²) in [5, 5.41) is 0. The van der Waals surface area contributed by atoms with Gasteiger partial charge in [0.1, 0.15) is 9.84 Å². The predicted molar refractivity (Wildman–Crippen MR) is 63.4 cm³/mol. The molecule has 0 saturated heterocycles. The van der Waals surface area contributed by atoms with E-state index in [-0.39, 0.29) is 5.75 Å². The molecule has 0 aliphatic carbocycles. The summed E-state index contributed by atoms with van der Waals surface area (Å²) in [5.74, 6) is -0.00838. The molecule has 0 radical (unpaired) electrons. The fourth-order valence-corrected chi connectivity index (χ4v) is 4.03. The molecule has 3 nitrogen and oxygen atoms in total. The number of hydrogen-bond donors (Lipinski definition) is 1. The summed E-state index contributed by atoms with van der Waals surface area (Å²) in [6.45, 7) is 1.96. The zero-order chi connectivity index (χ0) is 10.9. The van der Waals surface area contributed by atoms with Gasteiger partial charge in [0.2, 0.25) is 0 Å². The molecule has 0 aliphatic heterocycles. The van der Waals surface area contributed by atoms with Crippen LogP contribution in [0.1, 0.15) is 15.8 Å². The van der Waals surface area contributed by atoms with Crippen molar-refractivity contribution in [3.8, 4) is 0 Å². The first kappa shape index (κ1) is 12.2. The molecule has 14 heavy (non-hydrogen) atoms. The molecule has 0 spiro atoms. The molecule has 1 aromatic heterocycles. The monoisotopic (exact) mass is 297 g/mol. The highest BCUT2D eigenvalue weighted by molar-refractivity contribution is 9.10. The molecule has 2 N–H and O–H groups in total. The molecule has 6 heteroatoms. The Hall–Kier alpha value is 0.0900. The second-order valence-electron chi connectivity index (χ2n) is 3.27. The van der Waals surface area contributed by atoms with Gasteiger partial charge >= 0.3 is 0 Å². The average Bonchev–Trinajstić information content (AvgIpc) is 2.26. The van der Waals surface area contributed by atoms with Crippen LogP contribution in [-0.4, -0.2) is 20.4 Å². The van der Waals surface area contributed by atoms with E-state index in [1.807, 2.05) is 13.0 Å². The highest BCUT2D eigenvalue weighted by Crippen LogP contribution is 2.31. The molecule has 80 valence electrons. The van der Waals surface area contributed by atoms with Gasteiger partial charge in [0, 0.05) is 20.5 Å². The van der Waals surface area contributed by atoms with E-state index >= 15 is 0 Å². The van der Waals surface area contributed by atoms with Crippen molar-refractivity contribution >= 4 is 37.1 Å². The fraction of sp³-hybridized carbons (Fsp3) is 0.500. The Labute approximate surface area is 96.4 Å². The van der Waals surface area contributed by atoms with E-state index < -0.39 is 15.9 Å². The third-order valence-corrected chi connectivity index (χ3v) is 4.72. The van der Waals surface area contributed by atoms with Crippen molar-refractivity contribution in [2.45, 2.75) is 13.0 Å². The van der Waals surface area contributed by atoms with Gasteiger partial charge in [-0.25, -0.2) is 8.42 Å². The highest BCUT2D eigenvalue weighted by atomic mass is 79.9. The minimum Gasteiger partial charge on any atom is -0.322 e. The number of rotatable bonds is 3. The predicted octanol–water partition coefficient (Wildman–Crippen LogP) is 1.86. The summed E-state index contributed by atoms with van der Waals surface area (Å²) in [5.41, 5.74) is 5.80. The van der Waals surface area contributed by atoms with Gasteiger partial charge in [-0.1, -0.05) is 0 Å². The smallest absolute Gasteiger partial charge is 0.149 e. The maximum atomic E-state index is 11.0. The lowest BCUT2D eigenvalue weighted by atomic mass is 10.3. The standard InChI is InChI=1S/C8H12BrNO2S2/c1-5-3-6(9)8(13-5)7(10)4-14(2,11)12/h3,7H,4,10H2,1-2H3. The molecule has 0 aliphatic rings. The van der Waals surface area contributed by atoms with E-state index in [0.29, 0.717) is 0 Å². The molecular weight excluding hydrogens is 286 g/mol. The van der Waals surface area contributed by atoms with Crippen LogP contribution in [0.4, 0.5) is 0 Å². The lowest BCUT2D eigenvalue weighted by molar-refractivity contribution is 0.595. The first-order valence-electron chi connectivity index (χ1n) is 3.99. The Morgan fingerprint density at radius 2 is 2.21 bits per heavy atom. The van der Waals surface area contributed by atoms with Gasteiger partial charge in [0.25, 0.3) is 0 Å². The highest BCUT2D eigenvalue weighted by Gasteiger charge is 2.17. The van der Waals surface area contributed by atoms with Gasteiger partial charge in [-0.2, -0.15) is 0 Å². The first-order valence-corrected chi connectivity index (χ1v) is 7.66. The Bertz CT molecular complexity index is 425. The quantitative estimate of drug-likeness (QED) is 0.926. The SMILES string of the molecule is Cc1cc(Br)c(C(N)CS(C)(=O)=O)s1. The van der Waals surface area contributed by atoms with Crippen molar-refractivity contribution < 1.29 is 8.42 Å². The van der Waals surface area contributed by atoms with Gasteiger partial charge in [0.15, 0.2) is 0 Å². The minimum atomic E-state index is -3.02. The van der Waals surface area contributed by atoms with Crippen molar-refractivity contribution in [1.82, 2.24) is 0 Å². The molecular formula is C8H12BrNO2S2. The topological polar surface area (TPSA) is 60.2 Å². The maximum Gasteiger partial charge on any atom is 0.149 e. The van der Waals surface area contributed by atoms with Crippen LogP contribution >= 0.6 is 27.3 Å². The van der Waals surface area contributed by atoms with Crippen LogP contribution in [-0.2, 0) is 9.84 Å². The summed E-state index contributed by atoms with van der Waals surface area (Å²) in [6.07, 6.45) is 1.20. The maximum absolute atomic E-state index is 11.0. The number of aryl methyl sites for hydroxylation is 1. The van der Waals surface area contributed by atoms with Crippen LogP contribution in [0.15, 0.2) is 10.5 Å². The summed E-state index contributed by atoms with van der Waals surface area (Å²) < 4.78 is 23.0. The summed E-state index contributed by atoms with van der Waals surface area (Å²) >= 11 is 4.89. The molecule has 0 bridgehead atoms. The van der Waals surface area contributed by atoms with Crippen LogP contribution in [0.2, 0.25) is 0 Å². The molecule has 1 aromatic rings. The molecule has 1 unspecified atom stereocenters. The number of halogens is 1. The molecule has 1 rings (SSSR count). The van der Waals surface area contributed by atoms with Crippen LogP contribution in [0.3, 0.4) is 0 Å². The Kier molecular flexibility index (Phi) is 3.74. The average molecular weight is 298 g/mol. The number of nitrogens with two attached hydrogens (primary N) is 1. The summed E-state index contributed by atoms with van der Waals surface area (Å²) in [7, 11) is -3.02. The molecule has 1 atom stereocenters. The zero-order valence-electron chi connectivity index (χ0n) is 7.95. The summed E-state index contributed by atoms with van der Waals surface area (Å²) in [4.78, 5) is 2.02. The number of sulfone groups is 1. The molecule has 0 fully saturated rings. The largest absolute Gasteiger partial charge is 0.322 e. The Balaban J connectivity index is 2.90. The molecule has 0 amide bonds. The van der Waals surface area contributed by atoms with Gasteiger partial charge in [-0.3, -0.25) is 0 Å². The van der Waals surface area contributed by atoms with Gasteiger partial charge in [-0.05, 0) is 28.9 Å². The van der Waals surface area contributed by atoms with E-state index in [4.69, 9.17) is 5.73 Å². The Morgan fingerprint density at radius 3 is 2.57 bits per heavy atom. The third-order valence-electron chi connectivity index (χ3n) is 1.66. The minimum absolute atomic E-state index is 0.00838. The van der Waals surface area contributed by atoms with Gasteiger partial charge in [0.05, 0.1) is 11.8 Å². The van der Waals surface area contributed by atoms with E-state index in [1.54, 1.807) is 0 Å². The molecule has 0 aromatic carbocycles. The van der Waals surface area contributed by atoms with Crippen LogP contribution < -0.4 is 5.73 Å². The Morgan fingerprint density at radius 1 is 1.64 bits per heavy atom. The van der Waals surface area contributed by atoms with Crippen molar-refractivity contribution in [3.05, 3.63) is 20.3 Å². The molecule has 1 heterocycles. The summed E-state index contributed by atoms with van der Waals surface area (Å²) in [6, 6.07) is 1.51. The first-order chi connectivity index (χ1) is 6.29. The fourth-order valence-electron chi connectivity index (χ4n) is 1.16. The molecule has 0 saturated carbocycles. The van der Waals surface area contributed by atoms with Crippen LogP contribution in [0, 0.1) is 6.92 Å². The van der Waals surface area contributed by atoms with E-state index in [2.05, 4.69) is 15.9 Å². The van der Waals surface area contributed by atoms with Crippen molar-refractivity contribution in [2.24, 2.45) is 5.73 Å². The normalized spacial score (nSPS) is 14.3. The van der Waals surface area contributed by atoms with Crippen LogP contribution in [0.25, 0.3) is 0 Å². The lowest BCUT2D eigenvalue weighted by Gasteiger charge is -2.08. The van der Waals surface area contributed by atoms with Crippen molar-refractivity contribution in [1.29, 1.82) is 0 Å². The lowest BCUT2D eigenvalue weighted by Crippen LogP contribution is -2.20. The van der Waals surface area contributed by atoms with E-state index in [9.17, 15) is 8.42 Å². The number of thiophene rings is 1. The van der Waals surface area contributed by atoms with E-state index in [1.165, 1.54) is 17.6 Å². The second-order valence-corrected chi connectivity index (χ2v) is 7.60. The van der Waals surface area contributed by atoms with Gasteiger partial charge in [-0.15, -0.1) is 11.3 Å².